The average Bonchev–Trinajstić information content (AvgIpc) is 2.12. The number of amidine groups is 1. The molecular weight excluding hydrogens is 244 g/mol. The normalized spacial score (nSPS) is 12.4. The molecule has 1 aromatic rings. The fourth-order valence-corrected chi connectivity index (χ4v) is 1.21. The van der Waals surface area contributed by atoms with E-state index >= 15 is 0 Å². The summed E-state index contributed by atoms with van der Waals surface area (Å²) in [6.45, 7) is 1.80. The summed E-state index contributed by atoms with van der Waals surface area (Å²) in [7, 11) is 0. The molecule has 0 saturated carbocycles. The van der Waals surface area contributed by atoms with Crippen LogP contribution in [0.5, 0.6) is 0 Å². The van der Waals surface area contributed by atoms with Gasteiger partial charge in [-0.25, -0.2) is 9.98 Å². The number of nitrogens with zero attached hydrogens (tertiary/aromatic N) is 3. The van der Waals surface area contributed by atoms with Gasteiger partial charge in [0.25, 0.3) is 0 Å². The van der Waals surface area contributed by atoms with Crippen molar-refractivity contribution in [3.8, 4) is 0 Å². The molecule has 0 aliphatic carbocycles. The first kappa shape index (κ1) is 11.4. The summed E-state index contributed by atoms with van der Waals surface area (Å²) in [4.78, 5) is 11.5. The van der Waals surface area contributed by atoms with E-state index in [4.69, 9.17) is 34.8 Å². The summed E-state index contributed by atoms with van der Waals surface area (Å²) < 4.78 is 0. The topological polar surface area (TPSA) is 37.6 Å². The van der Waals surface area contributed by atoms with Gasteiger partial charge in [0.2, 0.25) is 5.29 Å². The quantitative estimate of drug-likeness (QED) is 0.427. The predicted octanol–water partition coefficient (Wildman–Crippen LogP) is 3.54. The lowest BCUT2D eigenvalue weighted by Gasteiger charge is -1.98. The third-order valence-electron chi connectivity index (χ3n) is 1.39. The van der Waals surface area contributed by atoms with Gasteiger partial charge in [-0.1, -0.05) is 23.2 Å². The zero-order valence-electron chi connectivity index (χ0n) is 7.21. The lowest BCUT2D eigenvalue weighted by molar-refractivity contribution is 1.19. The van der Waals surface area contributed by atoms with Crippen molar-refractivity contribution in [1.29, 1.82) is 0 Å². The summed E-state index contributed by atoms with van der Waals surface area (Å²) >= 11 is 16.6. The molecule has 0 radical (unpaired) electrons. The van der Waals surface area contributed by atoms with Crippen LogP contribution in [0.2, 0.25) is 5.02 Å². The van der Waals surface area contributed by atoms with Gasteiger partial charge >= 0.3 is 0 Å². The number of aliphatic imine (C=N–C) groups is 2. The maximum Gasteiger partial charge on any atom is 0.223 e. The molecule has 1 heterocycles. The zero-order valence-corrected chi connectivity index (χ0v) is 9.48. The van der Waals surface area contributed by atoms with Crippen molar-refractivity contribution in [2.24, 2.45) is 9.98 Å². The van der Waals surface area contributed by atoms with Crippen molar-refractivity contribution in [2.75, 3.05) is 0 Å². The van der Waals surface area contributed by atoms with Crippen LogP contribution >= 0.6 is 34.8 Å². The van der Waals surface area contributed by atoms with Crippen LogP contribution in [0.3, 0.4) is 0 Å². The van der Waals surface area contributed by atoms with Crippen molar-refractivity contribution in [1.82, 2.24) is 4.98 Å². The van der Waals surface area contributed by atoms with Gasteiger partial charge in [0.15, 0.2) is 0 Å². The summed E-state index contributed by atoms with van der Waals surface area (Å²) in [6.07, 6.45) is 1.54. The minimum Gasteiger partial charge on any atom is -0.258 e. The molecule has 14 heavy (non-hydrogen) atoms. The van der Waals surface area contributed by atoms with Gasteiger partial charge in [-0.2, -0.15) is 0 Å². The molecule has 6 heteroatoms. The summed E-state index contributed by atoms with van der Waals surface area (Å²) in [5.74, 6) is 0. The molecule has 0 bridgehead atoms. The SMILES string of the molecule is Cc1ncc(Cl)cc1/N=C(Cl)\N=C\Cl. The Kier molecular flexibility index (Phi) is 4.32. The van der Waals surface area contributed by atoms with E-state index in [2.05, 4.69) is 15.0 Å². The summed E-state index contributed by atoms with van der Waals surface area (Å²) in [5, 5.41) is 0.529. The second-order valence-corrected chi connectivity index (χ2v) is 3.34. The highest BCUT2D eigenvalue weighted by atomic mass is 35.5. The minimum absolute atomic E-state index is 0.0344. The second-order valence-electron chi connectivity index (χ2n) is 2.37. The lowest BCUT2D eigenvalue weighted by atomic mass is 10.3. The molecule has 1 rings (SSSR count). The van der Waals surface area contributed by atoms with Crippen molar-refractivity contribution in [3.05, 3.63) is 23.0 Å². The molecule has 0 aromatic carbocycles. The second kappa shape index (κ2) is 5.29. The first-order valence-electron chi connectivity index (χ1n) is 3.62. The smallest absolute Gasteiger partial charge is 0.223 e. The van der Waals surface area contributed by atoms with Crippen molar-refractivity contribution in [3.63, 3.8) is 0 Å². The molecule has 3 nitrogen and oxygen atoms in total. The molecule has 0 fully saturated rings. The Bertz CT molecular complexity index is 387. The van der Waals surface area contributed by atoms with Gasteiger partial charge in [-0.15, -0.1) is 0 Å². The van der Waals surface area contributed by atoms with Crippen molar-refractivity contribution in [2.45, 2.75) is 6.92 Å². The van der Waals surface area contributed by atoms with Crippen LogP contribution in [-0.2, 0) is 0 Å². The molecule has 0 amide bonds. The van der Waals surface area contributed by atoms with E-state index in [1.807, 2.05) is 0 Å². The van der Waals surface area contributed by atoms with Gasteiger partial charge in [0, 0.05) is 6.20 Å². The van der Waals surface area contributed by atoms with E-state index in [1.54, 1.807) is 13.0 Å². The minimum atomic E-state index is 0.0344. The first-order valence-corrected chi connectivity index (χ1v) is 4.82. The molecule has 0 saturated heterocycles. The largest absolute Gasteiger partial charge is 0.258 e. The van der Waals surface area contributed by atoms with Crippen LogP contribution in [0.25, 0.3) is 0 Å². The van der Waals surface area contributed by atoms with Crippen LogP contribution in [-0.4, -0.2) is 16.0 Å². The highest BCUT2D eigenvalue weighted by Gasteiger charge is 2.00. The van der Waals surface area contributed by atoms with Crippen LogP contribution in [0.15, 0.2) is 22.2 Å². The fraction of sp³-hybridized carbons (Fsp3) is 0.125. The number of aromatic nitrogens is 1. The van der Waals surface area contributed by atoms with Gasteiger partial charge in [-0.3, -0.25) is 4.98 Å². The number of halogens is 3. The number of rotatable bonds is 1. The molecule has 0 N–H and O–H groups in total. The van der Waals surface area contributed by atoms with E-state index in [0.29, 0.717) is 10.7 Å². The molecule has 0 aliphatic rings. The number of pyridine rings is 1. The number of hydrogen-bond donors (Lipinski definition) is 0. The Morgan fingerprint density at radius 2 is 2.29 bits per heavy atom. The molecule has 1 aromatic heterocycles. The summed E-state index contributed by atoms with van der Waals surface area (Å²) in [6, 6.07) is 1.65. The highest BCUT2D eigenvalue weighted by Crippen LogP contribution is 2.21. The maximum atomic E-state index is 5.74. The number of hydrogen-bond acceptors (Lipinski definition) is 2. The molecule has 0 spiro atoms. The van der Waals surface area contributed by atoms with Crippen LogP contribution in [0.4, 0.5) is 5.69 Å². The Morgan fingerprint density at radius 3 is 2.93 bits per heavy atom. The van der Waals surface area contributed by atoms with Gasteiger partial charge in [0.05, 0.1) is 22.1 Å². The van der Waals surface area contributed by atoms with Crippen LogP contribution < -0.4 is 0 Å². The highest BCUT2D eigenvalue weighted by molar-refractivity contribution is 6.68. The Morgan fingerprint density at radius 1 is 1.57 bits per heavy atom. The molecule has 0 atom stereocenters. The van der Waals surface area contributed by atoms with Crippen LogP contribution in [0.1, 0.15) is 5.69 Å². The standard InChI is InChI=1S/C8H6Cl3N3/c1-5-7(2-6(10)3-12-5)14-8(11)13-4-9/h2-4H,1H3/b13-4+,14-8-. The lowest BCUT2D eigenvalue weighted by Crippen LogP contribution is -1.84. The maximum absolute atomic E-state index is 5.74. The Balaban J connectivity index is 3.07. The molecular formula is C8H6Cl3N3. The van der Waals surface area contributed by atoms with Crippen molar-refractivity contribution >= 4 is 51.5 Å². The van der Waals surface area contributed by atoms with E-state index in [-0.39, 0.29) is 5.29 Å². The fourth-order valence-electron chi connectivity index (χ4n) is 0.779. The zero-order chi connectivity index (χ0) is 10.6. The first-order chi connectivity index (χ1) is 6.63. The molecule has 74 valence electrons. The van der Waals surface area contributed by atoms with Gasteiger partial charge in [-0.05, 0) is 24.6 Å². The monoisotopic (exact) mass is 249 g/mol. The van der Waals surface area contributed by atoms with Gasteiger partial charge < -0.3 is 0 Å². The van der Waals surface area contributed by atoms with Crippen molar-refractivity contribution < 1.29 is 0 Å². The predicted molar refractivity (Wildman–Crippen MR) is 61.3 cm³/mol. The Labute approximate surface area is 96.4 Å². The van der Waals surface area contributed by atoms with E-state index in [9.17, 15) is 0 Å². The number of aryl methyl sites for hydroxylation is 1. The molecule has 0 aliphatic heterocycles. The Hall–Kier alpha value is -0.640. The van der Waals surface area contributed by atoms with E-state index in [0.717, 1.165) is 11.4 Å². The third kappa shape index (κ3) is 3.25. The van der Waals surface area contributed by atoms with Crippen LogP contribution in [0, 0.1) is 6.92 Å². The summed E-state index contributed by atoms with van der Waals surface area (Å²) in [5.41, 5.74) is 2.33. The van der Waals surface area contributed by atoms with E-state index in [1.165, 1.54) is 6.20 Å². The average molecular weight is 251 g/mol. The van der Waals surface area contributed by atoms with E-state index < -0.39 is 0 Å². The van der Waals surface area contributed by atoms with Gasteiger partial charge in [0.1, 0.15) is 0 Å². The third-order valence-corrected chi connectivity index (χ3v) is 1.88. The molecule has 0 unspecified atom stereocenters.